The summed E-state index contributed by atoms with van der Waals surface area (Å²) in [5.41, 5.74) is 1.66. The fourth-order valence-electron chi connectivity index (χ4n) is 2.41. The molecular weight excluding hydrogens is 306 g/mol. The molecular formula is C17H25N5O2. The van der Waals surface area contributed by atoms with Crippen LogP contribution in [0.2, 0.25) is 0 Å². The summed E-state index contributed by atoms with van der Waals surface area (Å²) in [5.74, 6) is 0.544. The Morgan fingerprint density at radius 1 is 1.29 bits per heavy atom. The Morgan fingerprint density at radius 2 is 2.04 bits per heavy atom. The lowest BCUT2D eigenvalue weighted by Crippen LogP contribution is -2.49. The van der Waals surface area contributed by atoms with Gasteiger partial charge in [0.1, 0.15) is 0 Å². The molecule has 1 aromatic rings. The zero-order valence-electron chi connectivity index (χ0n) is 14.3. The zero-order chi connectivity index (χ0) is 17.4. The van der Waals surface area contributed by atoms with Crippen molar-refractivity contribution in [3.63, 3.8) is 0 Å². The Hall–Kier alpha value is -2.57. The normalized spacial score (nSPS) is 15.0. The van der Waals surface area contributed by atoms with Crippen molar-refractivity contribution >= 4 is 17.8 Å². The number of nitrogens with one attached hydrogen (secondary N) is 3. The quantitative estimate of drug-likeness (QED) is 0.536. The maximum atomic E-state index is 12.4. The molecule has 0 atom stereocenters. The average molecular weight is 331 g/mol. The van der Waals surface area contributed by atoms with E-state index in [2.05, 4.69) is 27.9 Å². The summed E-state index contributed by atoms with van der Waals surface area (Å²) in [6.07, 6.45) is 1.03. The van der Waals surface area contributed by atoms with E-state index in [1.54, 1.807) is 24.1 Å². The van der Waals surface area contributed by atoms with Crippen LogP contribution < -0.4 is 16.0 Å². The van der Waals surface area contributed by atoms with Gasteiger partial charge in [0, 0.05) is 38.8 Å². The van der Waals surface area contributed by atoms with Crippen molar-refractivity contribution in [1.82, 2.24) is 20.9 Å². The van der Waals surface area contributed by atoms with Gasteiger partial charge in [0.05, 0.1) is 6.54 Å². The number of guanidine groups is 1. The van der Waals surface area contributed by atoms with Gasteiger partial charge >= 0.3 is 0 Å². The highest BCUT2D eigenvalue weighted by Gasteiger charge is 2.21. The molecule has 1 fully saturated rings. The van der Waals surface area contributed by atoms with Crippen molar-refractivity contribution in [2.24, 2.45) is 4.99 Å². The summed E-state index contributed by atoms with van der Waals surface area (Å²) in [7, 11) is 1.74. The van der Waals surface area contributed by atoms with E-state index in [4.69, 9.17) is 0 Å². The number of benzene rings is 1. The van der Waals surface area contributed by atoms with Crippen LogP contribution in [-0.2, 0) is 11.3 Å². The van der Waals surface area contributed by atoms with Crippen LogP contribution in [0, 0.1) is 0 Å². The van der Waals surface area contributed by atoms with E-state index in [0.717, 1.165) is 24.5 Å². The second kappa shape index (κ2) is 8.90. The highest BCUT2D eigenvalue weighted by atomic mass is 16.2. The number of amides is 2. The van der Waals surface area contributed by atoms with Gasteiger partial charge in [-0.3, -0.25) is 14.6 Å². The minimum atomic E-state index is -0.110. The first-order chi connectivity index (χ1) is 11.6. The summed E-state index contributed by atoms with van der Waals surface area (Å²) in [4.78, 5) is 29.5. The van der Waals surface area contributed by atoms with Gasteiger partial charge in [-0.25, -0.2) is 0 Å². The number of hydrogen-bond acceptors (Lipinski definition) is 3. The molecule has 0 aromatic heterocycles. The second-order valence-electron chi connectivity index (χ2n) is 5.63. The average Bonchev–Trinajstić information content (AvgIpc) is 2.62. The van der Waals surface area contributed by atoms with Crippen molar-refractivity contribution in [2.75, 3.05) is 33.2 Å². The topological polar surface area (TPSA) is 85.8 Å². The molecule has 1 aromatic carbocycles. The Balaban J connectivity index is 1.90. The van der Waals surface area contributed by atoms with Gasteiger partial charge in [-0.1, -0.05) is 19.1 Å². The smallest absolute Gasteiger partial charge is 0.254 e. The van der Waals surface area contributed by atoms with Crippen molar-refractivity contribution in [3.05, 3.63) is 35.4 Å². The minimum absolute atomic E-state index is 0.107. The number of nitrogens with zero attached hydrogens (tertiary/aromatic N) is 2. The second-order valence-corrected chi connectivity index (χ2v) is 5.63. The minimum Gasteiger partial charge on any atom is -0.356 e. The number of piperazine rings is 1. The Bertz CT molecular complexity index is 598. The molecule has 1 saturated heterocycles. The van der Waals surface area contributed by atoms with Crippen molar-refractivity contribution < 1.29 is 9.59 Å². The maximum Gasteiger partial charge on any atom is 0.254 e. The van der Waals surface area contributed by atoms with E-state index in [0.29, 0.717) is 25.2 Å². The highest BCUT2D eigenvalue weighted by Crippen LogP contribution is 2.09. The molecule has 1 aliphatic heterocycles. The zero-order valence-corrected chi connectivity index (χ0v) is 14.3. The number of rotatable bonds is 5. The number of carbonyl (C=O) groups is 2. The van der Waals surface area contributed by atoms with E-state index in [-0.39, 0.29) is 18.4 Å². The van der Waals surface area contributed by atoms with E-state index in [9.17, 15) is 9.59 Å². The Kier molecular flexibility index (Phi) is 6.60. The molecule has 1 aliphatic rings. The molecule has 7 nitrogen and oxygen atoms in total. The predicted molar refractivity (Wildman–Crippen MR) is 93.8 cm³/mol. The van der Waals surface area contributed by atoms with Crippen LogP contribution in [0.1, 0.15) is 29.3 Å². The maximum absolute atomic E-state index is 12.4. The van der Waals surface area contributed by atoms with Crippen LogP contribution >= 0.6 is 0 Å². The van der Waals surface area contributed by atoms with Gasteiger partial charge in [-0.2, -0.15) is 0 Å². The van der Waals surface area contributed by atoms with E-state index in [1.165, 1.54) is 0 Å². The Morgan fingerprint density at radius 3 is 2.67 bits per heavy atom. The fourth-order valence-corrected chi connectivity index (χ4v) is 2.41. The Labute approximate surface area is 142 Å². The van der Waals surface area contributed by atoms with Crippen LogP contribution in [0.4, 0.5) is 0 Å². The van der Waals surface area contributed by atoms with E-state index >= 15 is 0 Å². The van der Waals surface area contributed by atoms with E-state index < -0.39 is 0 Å². The predicted octanol–water partition coefficient (Wildman–Crippen LogP) is 0.334. The molecule has 1 heterocycles. The first-order valence-electron chi connectivity index (χ1n) is 8.23. The SMILES string of the molecule is CCCNC(=NC)NCc1ccc(C(=O)N2CCNC(=O)C2)cc1. The lowest BCUT2D eigenvalue weighted by atomic mass is 10.1. The molecule has 0 aliphatic carbocycles. The molecule has 0 radical (unpaired) electrons. The van der Waals surface area contributed by atoms with Gasteiger partial charge in [0.15, 0.2) is 5.96 Å². The highest BCUT2D eigenvalue weighted by molar-refractivity contribution is 5.97. The molecule has 3 N–H and O–H groups in total. The van der Waals surface area contributed by atoms with Crippen LogP contribution in [-0.4, -0.2) is 55.9 Å². The van der Waals surface area contributed by atoms with Gasteiger partial charge in [0.25, 0.3) is 5.91 Å². The summed E-state index contributed by atoms with van der Waals surface area (Å²) in [6.45, 7) is 4.79. The lowest BCUT2D eigenvalue weighted by molar-refractivity contribution is -0.123. The van der Waals surface area contributed by atoms with Crippen LogP contribution in [0.25, 0.3) is 0 Å². The fraction of sp³-hybridized carbons (Fsp3) is 0.471. The number of hydrogen-bond donors (Lipinski definition) is 3. The molecule has 2 rings (SSSR count). The summed E-state index contributed by atoms with van der Waals surface area (Å²) in [6, 6.07) is 7.43. The number of aliphatic imine (C=N–C) groups is 1. The number of carbonyl (C=O) groups excluding carboxylic acids is 2. The molecule has 0 saturated carbocycles. The third-order valence-electron chi connectivity index (χ3n) is 3.75. The van der Waals surface area contributed by atoms with Crippen LogP contribution in [0.5, 0.6) is 0 Å². The standard InChI is InChI=1S/C17H25N5O2/c1-3-8-20-17(18-2)21-11-13-4-6-14(7-5-13)16(24)22-10-9-19-15(23)12-22/h4-7H,3,8-12H2,1-2H3,(H,19,23)(H2,18,20,21). The molecule has 130 valence electrons. The molecule has 0 bridgehead atoms. The molecule has 24 heavy (non-hydrogen) atoms. The summed E-state index contributed by atoms with van der Waals surface area (Å²) >= 11 is 0. The van der Waals surface area contributed by atoms with Crippen LogP contribution in [0.15, 0.2) is 29.3 Å². The molecule has 0 unspecified atom stereocenters. The monoisotopic (exact) mass is 331 g/mol. The summed E-state index contributed by atoms with van der Waals surface area (Å²) < 4.78 is 0. The van der Waals surface area contributed by atoms with Gasteiger partial charge in [0.2, 0.25) is 5.91 Å². The first kappa shape index (κ1) is 17.8. The largest absolute Gasteiger partial charge is 0.356 e. The lowest BCUT2D eigenvalue weighted by Gasteiger charge is -2.26. The molecule has 7 heteroatoms. The van der Waals surface area contributed by atoms with Crippen molar-refractivity contribution in [2.45, 2.75) is 19.9 Å². The van der Waals surface area contributed by atoms with Crippen molar-refractivity contribution in [1.29, 1.82) is 0 Å². The van der Waals surface area contributed by atoms with Crippen molar-refractivity contribution in [3.8, 4) is 0 Å². The van der Waals surface area contributed by atoms with Crippen LogP contribution in [0.3, 0.4) is 0 Å². The van der Waals surface area contributed by atoms with Gasteiger partial charge < -0.3 is 20.9 Å². The third kappa shape index (κ3) is 4.97. The van der Waals surface area contributed by atoms with E-state index in [1.807, 2.05) is 12.1 Å². The third-order valence-corrected chi connectivity index (χ3v) is 3.75. The summed E-state index contributed by atoms with van der Waals surface area (Å²) in [5, 5.41) is 9.15. The van der Waals surface area contributed by atoms with Gasteiger partial charge in [-0.15, -0.1) is 0 Å². The van der Waals surface area contributed by atoms with Gasteiger partial charge in [-0.05, 0) is 24.1 Å². The first-order valence-corrected chi connectivity index (χ1v) is 8.23. The molecule has 0 spiro atoms. The molecule has 2 amide bonds.